The largest absolute Gasteiger partial charge is 0.394 e. The molecule has 0 saturated carbocycles. The summed E-state index contributed by atoms with van der Waals surface area (Å²) in [5.74, 6) is 0. The zero-order chi connectivity index (χ0) is 12.3. The minimum Gasteiger partial charge on any atom is -0.394 e. The zero-order valence-electron chi connectivity index (χ0n) is 9.04. The van der Waals surface area contributed by atoms with Crippen LogP contribution in [-0.2, 0) is 13.2 Å². The minimum atomic E-state index is -0.173. The summed E-state index contributed by atoms with van der Waals surface area (Å²) in [4.78, 5) is 0. The van der Waals surface area contributed by atoms with Crippen LogP contribution in [0.4, 0.5) is 0 Å². The molecule has 1 aromatic carbocycles. The molecule has 0 radical (unpaired) electrons. The van der Waals surface area contributed by atoms with Crippen molar-refractivity contribution in [2.24, 2.45) is 0 Å². The SMILES string of the molecule is OCCn1nnc(CO)c1-c1cccc(Br)c1. The van der Waals surface area contributed by atoms with Gasteiger partial charge >= 0.3 is 0 Å². The highest BCUT2D eigenvalue weighted by atomic mass is 79.9. The number of benzene rings is 1. The molecule has 90 valence electrons. The van der Waals surface area contributed by atoms with Gasteiger partial charge in [0.15, 0.2) is 0 Å². The minimum absolute atomic E-state index is 0.0186. The van der Waals surface area contributed by atoms with Crippen LogP contribution in [0.25, 0.3) is 11.3 Å². The number of halogens is 1. The predicted molar refractivity (Wildman–Crippen MR) is 66.2 cm³/mol. The fourth-order valence-electron chi connectivity index (χ4n) is 1.66. The van der Waals surface area contributed by atoms with Crippen molar-refractivity contribution >= 4 is 15.9 Å². The number of rotatable bonds is 4. The summed E-state index contributed by atoms with van der Waals surface area (Å²) < 4.78 is 2.53. The molecule has 0 aliphatic heterocycles. The van der Waals surface area contributed by atoms with E-state index in [1.807, 2.05) is 24.3 Å². The lowest BCUT2D eigenvalue weighted by Gasteiger charge is -2.06. The van der Waals surface area contributed by atoms with E-state index in [1.54, 1.807) is 4.68 Å². The van der Waals surface area contributed by atoms with Gasteiger partial charge in [-0.25, -0.2) is 4.68 Å². The number of aliphatic hydroxyl groups excluding tert-OH is 2. The van der Waals surface area contributed by atoms with Crippen LogP contribution < -0.4 is 0 Å². The van der Waals surface area contributed by atoms with E-state index in [9.17, 15) is 5.11 Å². The Hall–Kier alpha value is -1.24. The van der Waals surface area contributed by atoms with E-state index in [0.29, 0.717) is 12.2 Å². The first-order valence-electron chi connectivity index (χ1n) is 5.16. The lowest BCUT2D eigenvalue weighted by Crippen LogP contribution is -2.06. The number of hydrogen-bond donors (Lipinski definition) is 2. The quantitative estimate of drug-likeness (QED) is 0.889. The molecule has 1 aromatic heterocycles. The summed E-state index contributed by atoms with van der Waals surface area (Å²) in [6.07, 6.45) is 0. The number of hydrogen-bond acceptors (Lipinski definition) is 4. The van der Waals surface area contributed by atoms with Crippen LogP contribution in [0.3, 0.4) is 0 Å². The fourth-order valence-corrected chi connectivity index (χ4v) is 2.06. The Morgan fingerprint density at radius 3 is 2.76 bits per heavy atom. The zero-order valence-corrected chi connectivity index (χ0v) is 10.6. The van der Waals surface area contributed by atoms with E-state index in [4.69, 9.17) is 5.11 Å². The maximum absolute atomic E-state index is 9.24. The van der Waals surface area contributed by atoms with E-state index in [1.165, 1.54) is 0 Å². The third-order valence-electron chi connectivity index (χ3n) is 2.36. The molecule has 0 saturated heterocycles. The standard InChI is InChI=1S/C11H12BrN3O2/c12-9-3-1-2-8(6-9)11-10(7-17)13-14-15(11)4-5-16/h1-3,6,16-17H,4-5,7H2. The lowest BCUT2D eigenvalue weighted by atomic mass is 10.1. The van der Waals surface area contributed by atoms with Gasteiger partial charge in [0.25, 0.3) is 0 Å². The van der Waals surface area contributed by atoms with Gasteiger partial charge in [0.1, 0.15) is 5.69 Å². The predicted octanol–water partition coefficient (Wildman–Crippen LogP) is 1.19. The fraction of sp³-hybridized carbons (Fsp3) is 0.273. The normalized spacial score (nSPS) is 10.8. The van der Waals surface area contributed by atoms with Crippen LogP contribution in [0.1, 0.15) is 5.69 Å². The van der Waals surface area contributed by atoms with Gasteiger partial charge in [-0.3, -0.25) is 0 Å². The molecule has 5 nitrogen and oxygen atoms in total. The Labute approximate surface area is 107 Å². The molecule has 0 unspecified atom stereocenters. The average molecular weight is 298 g/mol. The molecule has 2 rings (SSSR count). The molecular weight excluding hydrogens is 286 g/mol. The lowest BCUT2D eigenvalue weighted by molar-refractivity contribution is 0.268. The Kier molecular flexibility index (Phi) is 3.88. The van der Waals surface area contributed by atoms with Gasteiger partial charge in [0, 0.05) is 10.0 Å². The molecule has 0 spiro atoms. The van der Waals surface area contributed by atoms with E-state index in [-0.39, 0.29) is 13.2 Å². The summed E-state index contributed by atoms with van der Waals surface area (Å²) in [6.45, 7) is 0.164. The first kappa shape index (κ1) is 12.2. The molecule has 2 N–H and O–H groups in total. The highest BCUT2D eigenvalue weighted by Gasteiger charge is 2.13. The topological polar surface area (TPSA) is 71.2 Å². The van der Waals surface area contributed by atoms with Crippen molar-refractivity contribution < 1.29 is 10.2 Å². The van der Waals surface area contributed by atoms with Crippen molar-refractivity contribution in [3.63, 3.8) is 0 Å². The summed E-state index contributed by atoms with van der Waals surface area (Å²) in [5.41, 5.74) is 2.15. The average Bonchev–Trinajstić information content (AvgIpc) is 2.72. The third-order valence-corrected chi connectivity index (χ3v) is 2.86. The molecule has 0 aliphatic rings. The maximum atomic E-state index is 9.24. The van der Waals surface area contributed by atoms with Crippen LogP contribution in [0.2, 0.25) is 0 Å². The van der Waals surface area contributed by atoms with Gasteiger partial charge in [0.05, 0.1) is 25.5 Å². The van der Waals surface area contributed by atoms with Crippen LogP contribution in [0, 0.1) is 0 Å². The molecule has 2 aromatic rings. The summed E-state index contributed by atoms with van der Waals surface area (Å²) in [6, 6.07) is 7.65. The van der Waals surface area contributed by atoms with Gasteiger partial charge in [-0.15, -0.1) is 5.10 Å². The summed E-state index contributed by atoms with van der Waals surface area (Å²) >= 11 is 3.40. The first-order chi connectivity index (χ1) is 8.26. The summed E-state index contributed by atoms with van der Waals surface area (Å²) in [5, 5.41) is 26.0. The van der Waals surface area contributed by atoms with Crippen molar-refractivity contribution in [1.29, 1.82) is 0 Å². The molecule has 0 aliphatic carbocycles. The van der Waals surface area contributed by atoms with Gasteiger partial charge in [0.2, 0.25) is 0 Å². The Morgan fingerprint density at radius 1 is 1.29 bits per heavy atom. The molecular formula is C11H12BrN3O2. The maximum Gasteiger partial charge on any atom is 0.116 e. The monoisotopic (exact) mass is 297 g/mol. The van der Waals surface area contributed by atoms with E-state index in [2.05, 4.69) is 26.2 Å². The second-order valence-corrected chi connectivity index (χ2v) is 4.42. The van der Waals surface area contributed by atoms with E-state index < -0.39 is 0 Å². The van der Waals surface area contributed by atoms with Crippen LogP contribution in [0.5, 0.6) is 0 Å². The van der Waals surface area contributed by atoms with Crippen molar-refractivity contribution in [3.05, 3.63) is 34.4 Å². The smallest absolute Gasteiger partial charge is 0.116 e. The van der Waals surface area contributed by atoms with Crippen LogP contribution in [-0.4, -0.2) is 31.8 Å². The highest BCUT2D eigenvalue weighted by Crippen LogP contribution is 2.25. The van der Waals surface area contributed by atoms with Gasteiger partial charge in [-0.1, -0.05) is 33.3 Å². The molecule has 0 bridgehead atoms. The van der Waals surface area contributed by atoms with Crippen molar-refractivity contribution in [3.8, 4) is 11.3 Å². The highest BCUT2D eigenvalue weighted by molar-refractivity contribution is 9.10. The van der Waals surface area contributed by atoms with Crippen molar-refractivity contribution in [2.75, 3.05) is 6.61 Å². The van der Waals surface area contributed by atoms with Crippen molar-refractivity contribution in [1.82, 2.24) is 15.0 Å². The van der Waals surface area contributed by atoms with Gasteiger partial charge in [-0.05, 0) is 12.1 Å². The molecule has 6 heteroatoms. The van der Waals surface area contributed by atoms with Crippen molar-refractivity contribution in [2.45, 2.75) is 13.2 Å². The molecule has 17 heavy (non-hydrogen) atoms. The molecule has 1 heterocycles. The number of aliphatic hydroxyl groups is 2. The van der Waals surface area contributed by atoms with Crippen LogP contribution in [0.15, 0.2) is 28.7 Å². The molecule has 0 amide bonds. The van der Waals surface area contributed by atoms with Gasteiger partial charge < -0.3 is 10.2 Å². The first-order valence-corrected chi connectivity index (χ1v) is 5.95. The summed E-state index contributed by atoms with van der Waals surface area (Å²) in [7, 11) is 0. The molecule has 0 atom stereocenters. The Morgan fingerprint density at radius 2 is 2.12 bits per heavy atom. The Balaban J connectivity index is 2.51. The number of nitrogens with zero attached hydrogens (tertiary/aromatic N) is 3. The van der Waals surface area contributed by atoms with Crippen LogP contribution >= 0.6 is 15.9 Å². The molecule has 0 fully saturated rings. The Bertz CT molecular complexity index is 513. The van der Waals surface area contributed by atoms with E-state index in [0.717, 1.165) is 15.7 Å². The van der Waals surface area contributed by atoms with E-state index >= 15 is 0 Å². The second kappa shape index (κ2) is 5.39. The second-order valence-electron chi connectivity index (χ2n) is 3.50. The number of aromatic nitrogens is 3. The third kappa shape index (κ3) is 2.54. The van der Waals surface area contributed by atoms with Gasteiger partial charge in [-0.2, -0.15) is 0 Å².